The van der Waals surface area contributed by atoms with Crippen molar-refractivity contribution in [3.8, 4) is 0 Å². The fourth-order valence-electron chi connectivity index (χ4n) is 6.10. The normalized spacial score (nSPS) is 11.9. The van der Waals surface area contributed by atoms with Crippen LogP contribution in [0.2, 0.25) is 0 Å². The average molecular weight is 681 g/mol. The molecule has 0 aromatic rings. The fraction of sp³-hybridized carbons (Fsp3) is 0.929. The van der Waals surface area contributed by atoms with Crippen molar-refractivity contribution in [3.63, 3.8) is 0 Å². The Morgan fingerprint density at radius 2 is 0.688 bits per heavy atom. The summed E-state index contributed by atoms with van der Waals surface area (Å²) in [5.41, 5.74) is 0. The zero-order valence-electron chi connectivity index (χ0n) is 32.4. The first-order valence-electron chi connectivity index (χ1n) is 20.9. The van der Waals surface area contributed by atoms with Crippen LogP contribution in [0.25, 0.3) is 0 Å². The van der Waals surface area contributed by atoms with E-state index in [1.165, 1.54) is 116 Å². The molecule has 0 radical (unpaired) electrons. The third-order valence-corrected chi connectivity index (χ3v) is 9.29. The molecule has 0 amide bonds. The topological polar surface area (TPSA) is 78.9 Å². The smallest absolute Gasteiger partial charge is 0.306 e. The Kier molecular flexibility index (Phi) is 35.5. The molecule has 0 aliphatic heterocycles. The van der Waals surface area contributed by atoms with Crippen molar-refractivity contribution in [2.75, 3.05) is 13.2 Å². The number of ether oxygens (including phenoxy) is 3. The Morgan fingerprint density at radius 3 is 1.02 bits per heavy atom. The van der Waals surface area contributed by atoms with E-state index in [2.05, 4.69) is 27.7 Å². The summed E-state index contributed by atoms with van der Waals surface area (Å²) in [6.45, 7) is 8.88. The van der Waals surface area contributed by atoms with E-state index in [1.807, 2.05) is 0 Å². The molecule has 48 heavy (non-hydrogen) atoms. The summed E-state index contributed by atoms with van der Waals surface area (Å²) in [6.07, 6.45) is 34.0. The summed E-state index contributed by atoms with van der Waals surface area (Å²) in [4.78, 5) is 37.3. The number of hydrogen-bond acceptors (Lipinski definition) is 6. The zero-order chi connectivity index (χ0) is 35.3. The summed E-state index contributed by atoms with van der Waals surface area (Å²) in [7, 11) is 0. The van der Waals surface area contributed by atoms with Gasteiger partial charge >= 0.3 is 17.9 Å². The van der Waals surface area contributed by atoms with E-state index < -0.39 is 6.10 Å². The zero-order valence-corrected chi connectivity index (χ0v) is 32.4. The van der Waals surface area contributed by atoms with Crippen molar-refractivity contribution < 1.29 is 28.6 Å². The third kappa shape index (κ3) is 35.7. The third-order valence-electron chi connectivity index (χ3n) is 9.29. The highest BCUT2D eigenvalue weighted by molar-refractivity contribution is 5.71. The molecule has 0 rings (SSSR count). The van der Waals surface area contributed by atoms with Gasteiger partial charge in [-0.15, -0.1) is 0 Å². The second-order valence-electron chi connectivity index (χ2n) is 14.7. The lowest BCUT2D eigenvalue weighted by Gasteiger charge is -2.18. The van der Waals surface area contributed by atoms with E-state index in [0.29, 0.717) is 19.3 Å². The van der Waals surface area contributed by atoms with Gasteiger partial charge in [-0.25, -0.2) is 0 Å². The highest BCUT2D eigenvalue weighted by Gasteiger charge is 2.19. The molecule has 0 aliphatic rings. The Hall–Kier alpha value is -1.59. The van der Waals surface area contributed by atoms with Gasteiger partial charge in [0.2, 0.25) is 0 Å². The summed E-state index contributed by atoms with van der Waals surface area (Å²) in [5, 5.41) is 0. The van der Waals surface area contributed by atoms with E-state index in [-0.39, 0.29) is 31.1 Å². The molecule has 0 N–H and O–H groups in total. The maximum Gasteiger partial charge on any atom is 0.306 e. The predicted octanol–water partition coefficient (Wildman–Crippen LogP) is 12.8. The Labute approximate surface area is 298 Å². The van der Waals surface area contributed by atoms with E-state index in [1.54, 1.807) is 0 Å². The minimum atomic E-state index is -0.756. The molecule has 6 nitrogen and oxygen atoms in total. The lowest BCUT2D eigenvalue weighted by atomic mass is 10.0. The van der Waals surface area contributed by atoms with Crippen LogP contribution < -0.4 is 0 Å². The van der Waals surface area contributed by atoms with Crippen molar-refractivity contribution in [1.29, 1.82) is 0 Å². The van der Waals surface area contributed by atoms with E-state index in [9.17, 15) is 14.4 Å². The molecule has 0 spiro atoms. The first-order chi connectivity index (χ1) is 23.4. The van der Waals surface area contributed by atoms with E-state index in [0.717, 1.165) is 70.1 Å². The lowest BCUT2D eigenvalue weighted by Crippen LogP contribution is -2.30. The van der Waals surface area contributed by atoms with Crippen LogP contribution in [0.5, 0.6) is 0 Å². The van der Waals surface area contributed by atoms with Crippen LogP contribution >= 0.6 is 0 Å². The van der Waals surface area contributed by atoms with Crippen molar-refractivity contribution in [2.45, 2.75) is 233 Å². The number of rotatable bonds is 37. The first-order valence-corrected chi connectivity index (χ1v) is 20.9. The van der Waals surface area contributed by atoms with Gasteiger partial charge in [0.1, 0.15) is 13.2 Å². The molecule has 0 saturated heterocycles. The number of carbonyl (C=O) groups is 3. The first kappa shape index (κ1) is 46.4. The van der Waals surface area contributed by atoms with Gasteiger partial charge in [-0.3, -0.25) is 14.4 Å². The Morgan fingerprint density at radius 1 is 0.396 bits per heavy atom. The van der Waals surface area contributed by atoms with Crippen molar-refractivity contribution in [3.05, 3.63) is 0 Å². The molecule has 0 bridgehead atoms. The molecule has 0 fully saturated rings. The molecular weight excluding hydrogens is 600 g/mol. The van der Waals surface area contributed by atoms with Crippen LogP contribution in [-0.2, 0) is 28.6 Å². The number of esters is 3. The van der Waals surface area contributed by atoms with Crippen LogP contribution in [0.1, 0.15) is 227 Å². The Bertz CT molecular complexity index is 721. The predicted molar refractivity (Wildman–Crippen MR) is 201 cm³/mol. The van der Waals surface area contributed by atoms with Crippen LogP contribution in [-0.4, -0.2) is 37.2 Å². The quantitative estimate of drug-likeness (QED) is 0.0369. The SMILES string of the molecule is CCCCCCCCCCCCCCC(=O)O[C@H](COC(=O)CCCCCCC)COC(=O)CCCCCCCCCCCCC(C)C. The van der Waals surface area contributed by atoms with Gasteiger partial charge in [-0.05, 0) is 25.2 Å². The maximum absolute atomic E-state index is 12.6. The minimum absolute atomic E-state index is 0.0655. The standard InChI is InChI=1S/C42H80O6/c1-5-7-9-11-12-13-14-15-20-23-27-31-35-42(45)48-39(36-46-40(43)33-29-24-10-8-6-2)37-47-41(44)34-30-26-22-19-17-16-18-21-25-28-32-38(3)4/h38-39H,5-37H2,1-4H3/t39-/m1/s1. The molecule has 0 unspecified atom stereocenters. The summed E-state index contributed by atoms with van der Waals surface area (Å²) >= 11 is 0. The molecule has 0 aromatic heterocycles. The molecule has 6 heteroatoms. The van der Waals surface area contributed by atoms with Crippen LogP contribution in [0.4, 0.5) is 0 Å². The largest absolute Gasteiger partial charge is 0.462 e. The van der Waals surface area contributed by atoms with Gasteiger partial charge in [0.25, 0.3) is 0 Å². The number of carbonyl (C=O) groups excluding carboxylic acids is 3. The van der Waals surface area contributed by atoms with Gasteiger partial charge in [0, 0.05) is 19.3 Å². The lowest BCUT2D eigenvalue weighted by molar-refractivity contribution is -0.167. The number of hydrogen-bond donors (Lipinski definition) is 0. The monoisotopic (exact) mass is 681 g/mol. The molecule has 0 saturated carbocycles. The molecule has 1 atom stereocenters. The maximum atomic E-state index is 12.6. The highest BCUT2D eigenvalue weighted by Crippen LogP contribution is 2.15. The van der Waals surface area contributed by atoms with Crippen molar-refractivity contribution in [1.82, 2.24) is 0 Å². The fourth-order valence-corrected chi connectivity index (χ4v) is 6.10. The highest BCUT2D eigenvalue weighted by atomic mass is 16.6. The average Bonchev–Trinajstić information content (AvgIpc) is 3.06. The molecule has 0 aliphatic carbocycles. The van der Waals surface area contributed by atoms with Gasteiger partial charge in [-0.1, -0.05) is 188 Å². The van der Waals surface area contributed by atoms with Gasteiger partial charge in [0.15, 0.2) is 6.10 Å². The minimum Gasteiger partial charge on any atom is -0.462 e. The molecule has 0 aromatic carbocycles. The summed E-state index contributed by atoms with van der Waals surface area (Å²) < 4.78 is 16.6. The summed E-state index contributed by atoms with van der Waals surface area (Å²) in [5.74, 6) is -0.0552. The van der Waals surface area contributed by atoms with E-state index in [4.69, 9.17) is 14.2 Å². The van der Waals surface area contributed by atoms with Crippen molar-refractivity contribution >= 4 is 17.9 Å². The summed E-state index contributed by atoms with van der Waals surface area (Å²) in [6, 6.07) is 0. The van der Waals surface area contributed by atoms with Gasteiger partial charge in [-0.2, -0.15) is 0 Å². The van der Waals surface area contributed by atoms with Crippen LogP contribution in [0, 0.1) is 5.92 Å². The molecule has 0 heterocycles. The number of unbranched alkanes of at least 4 members (excludes halogenated alkanes) is 24. The second kappa shape index (κ2) is 36.7. The van der Waals surface area contributed by atoms with E-state index >= 15 is 0 Å². The van der Waals surface area contributed by atoms with Crippen molar-refractivity contribution in [2.24, 2.45) is 5.92 Å². The molecular formula is C42H80O6. The Balaban J connectivity index is 4.23. The van der Waals surface area contributed by atoms with Crippen LogP contribution in [0.15, 0.2) is 0 Å². The second-order valence-corrected chi connectivity index (χ2v) is 14.7. The van der Waals surface area contributed by atoms with Crippen LogP contribution in [0.3, 0.4) is 0 Å². The van der Waals surface area contributed by atoms with Gasteiger partial charge in [0.05, 0.1) is 0 Å². The van der Waals surface area contributed by atoms with Gasteiger partial charge < -0.3 is 14.2 Å². The molecule has 284 valence electrons.